The summed E-state index contributed by atoms with van der Waals surface area (Å²) in [6, 6.07) is 2.45. The number of sulfonamides is 1. The molecule has 0 bridgehead atoms. The van der Waals surface area contributed by atoms with Crippen molar-refractivity contribution in [3.05, 3.63) is 28.5 Å². The number of rotatable bonds is 5. The minimum absolute atomic E-state index is 0.0873. The fraction of sp³-hybridized carbons (Fsp3) is 0.538. The van der Waals surface area contributed by atoms with Crippen LogP contribution in [0, 0.1) is 5.82 Å². The van der Waals surface area contributed by atoms with E-state index < -0.39 is 20.7 Å². The fourth-order valence-electron chi connectivity index (χ4n) is 2.26. The van der Waals surface area contributed by atoms with E-state index in [1.54, 1.807) is 11.8 Å². The topological polar surface area (TPSA) is 72.2 Å². The summed E-state index contributed by atoms with van der Waals surface area (Å²) in [7, 11) is -3.95. The van der Waals surface area contributed by atoms with Gasteiger partial charge in [-0.2, -0.15) is 11.8 Å². The molecule has 0 saturated carbocycles. The molecule has 1 aliphatic heterocycles. The second-order valence-electron chi connectivity index (χ2n) is 5.31. The van der Waals surface area contributed by atoms with Gasteiger partial charge in [0.1, 0.15) is 10.7 Å². The lowest BCUT2D eigenvalue weighted by molar-refractivity contribution is 0.535. The summed E-state index contributed by atoms with van der Waals surface area (Å²) in [6.07, 6.45) is 2.00. The Hall–Kier alpha value is -0.340. The lowest BCUT2D eigenvalue weighted by Gasteiger charge is -2.23. The van der Waals surface area contributed by atoms with Crippen LogP contribution in [0.5, 0.6) is 0 Å². The van der Waals surface area contributed by atoms with Gasteiger partial charge in [-0.25, -0.2) is 17.5 Å². The predicted octanol–water partition coefficient (Wildman–Crippen LogP) is 2.50. The highest BCUT2D eigenvalue weighted by atomic mass is 35.5. The molecule has 1 unspecified atom stereocenters. The lowest BCUT2D eigenvalue weighted by atomic mass is 10.1. The molecule has 0 aliphatic carbocycles. The van der Waals surface area contributed by atoms with Gasteiger partial charge in [0.15, 0.2) is 0 Å². The van der Waals surface area contributed by atoms with Crippen LogP contribution in [0.2, 0.25) is 5.02 Å². The molecule has 1 saturated heterocycles. The second kappa shape index (κ2) is 6.42. The van der Waals surface area contributed by atoms with Gasteiger partial charge in [0.25, 0.3) is 0 Å². The Bertz CT molecular complexity index is 631. The Labute approximate surface area is 133 Å². The summed E-state index contributed by atoms with van der Waals surface area (Å²) in [5.41, 5.74) is 5.50. The monoisotopic (exact) mass is 352 g/mol. The molecular weight excluding hydrogens is 335 g/mol. The van der Waals surface area contributed by atoms with E-state index in [2.05, 4.69) is 4.72 Å². The highest BCUT2D eigenvalue weighted by Gasteiger charge is 2.32. The average Bonchev–Trinajstić information content (AvgIpc) is 2.86. The van der Waals surface area contributed by atoms with E-state index in [9.17, 15) is 12.8 Å². The van der Waals surface area contributed by atoms with E-state index in [-0.39, 0.29) is 28.4 Å². The molecule has 118 valence electrons. The third kappa shape index (κ3) is 3.90. The first-order valence-corrected chi connectivity index (χ1v) is 9.44. The van der Waals surface area contributed by atoms with E-state index in [1.807, 2.05) is 6.92 Å². The Kier molecular flexibility index (Phi) is 5.20. The molecule has 3 N–H and O–H groups in total. The average molecular weight is 353 g/mol. The normalized spacial score (nSPS) is 22.7. The highest BCUT2D eigenvalue weighted by Crippen LogP contribution is 2.37. The molecule has 1 heterocycles. The first kappa shape index (κ1) is 17.0. The van der Waals surface area contributed by atoms with Crippen LogP contribution in [0.15, 0.2) is 17.0 Å². The van der Waals surface area contributed by atoms with Gasteiger partial charge in [0.2, 0.25) is 10.0 Å². The number of thioether (sulfide) groups is 1. The van der Waals surface area contributed by atoms with Gasteiger partial charge in [-0.15, -0.1) is 0 Å². The Morgan fingerprint density at radius 3 is 2.81 bits per heavy atom. The van der Waals surface area contributed by atoms with Crippen molar-refractivity contribution in [3.63, 3.8) is 0 Å². The smallest absolute Gasteiger partial charge is 0.243 e. The summed E-state index contributed by atoms with van der Waals surface area (Å²) < 4.78 is 41.2. The number of benzene rings is 1. The summed E-state index contributed by atoms with van der Waals surface area (Å²) in [5, 5.41) is 0.152. The molecule has 1 fully saturated rings. The van der Waals surface area contributed by atoms with Crippen molar-refractivity contribution in [2.45, 2.75) is 36.0 Å². The van der Waals surface area contributed by atoms with Crippen molar-refractivity contribution >= 4 is 33.4 Å². The number of nitrogens with one attached hydrogen (secondary N) is 1. The molecule has 1 atom stereocenters. The third-order valence-corrected chi connectivity index (χ3v) is 6.68. The molecule has 8 heteroatoms. The first-order valence-electron chi connectivity index (χ1n) is 6.59. The maximum Gasteiger partial charge on any atom is 0.243 e. The van der Waals surface area contributed by atoms with Crippen LogP contribution in [0.3, 0.4) is 0 Å². The van der Waals surface area contributed by atoms with Crippen LogP contribution in [-0.4, -0.2) is 25.5 Å². The van der Waals surface area contributed by atoms with Gasteiger partial charge in [0.05, 0.1) is 0 Å². The SMILES string of the molecule is CC1(CNS(=O)(=O)c2cc(Cl)cc(CN)c2F)CCCS1. The summed E-state index contributed by atoms with van der Waals surface area (Å²) in [6.45, 7) is 2.17. The lowest BCUT2D eigenvalue weighted by Crippen LogP contribution is -2.37. The van der Waals surface area contributed by atoms with Crippen LogP contribution in [-0.2, 0) is 16.6 Å². The van der Waals surface area contributed by atoms with Crippen LogP contribution < -0.4 is 10.5 Å². The molecule has 1 aliphatic rings. The van der Waals surface area contributed by atoms with Gasteiger partial charge in [-0.3, -0.25) is 0 Å². The minimum atomic E-state index is -3.95. The molecule has 1 aromatic rings. The molecule has 0 spiro atoms. The maximum absolute atomic E-state index is 14.2. The zero-order chi connectivity index (χ0) is 15.7. The Morgan fingerprint density at radius 2 is 2.24 bits per heavy atom. The Balaban J connectivity index is 2.25. The Morgan fingerprint density at radius 1 is 1.52 bits per heavy atom. The fourth-order valence-corrected chi connectivity index (χ4v) is 5.22. The van der Waals surface area contributed by atoms with Crippen LogP contribution in [0.4, 0.5) is 4.39 Å². The quantitative estimate of drug-likeness (QED) is 0.854. The van der Waals surface area contributed by atoms with E-state index in [4.69, 9.17) is 17.3 Å². The highest BCUT2D eigenvalue weighted by molar-refractivity contribution is 8.01. The number of halogens is 2. The molecule has 2 rings (SSSR count). The zero-order valence-electron chi connectivity index (χ0n) is 11.7. The molecular formula is C13H18ClFN2O2S2. The van der Waals surface area contributed by atoms with Crippen molar-refractivity contribution in [2.75, 3.05) is 12.3 Å². The summed E-state index contributed by atoms with van der Waals surface area (Å²) in [4.78, 5) is -0.443. The number of hydrogen-bond donors (Lipinski definition) is 2. The van der Waals surface area contributed by atoms with Gasteiger partial charge in [0, 0.05) is 28.4 Å². The van der Waals surface area contributed by atoms with Gasteiger partial charge in [-0.1, -0.05) is 11.6 Å². The molecule has 4 nitrogen and oxygen atoms in total. The second-order valence-corrected chi connectivity index (χ2v) is 9.16. The maximum atomic E-state index is 14.2. The van der Waals surface area contributed by atoms with E-state index in [0.717, 1.165) is 24.7 Å². The third-order valence-electron chi connectivity index (χ3n) is 3.53. The molecule has 0 amide bonds. The van der Waals surface area contributed by atoms with Crippen LogP contribution in [0.1, 0.15) is 25.3 Å². The van der Waals surface area contributed by atoms with Gasteiger partial charge in [-0.05, 0) is 37.7 Å². The predicted molar refractivity (Wildman–Crippen MR) is 84.6 cm³/mol. The number of nitrogens with two attached hydrogens (primary N) is 1. The van der Waals surface area contributed by atoms with Gasteiger partial charge >= 0.3 is 0 Å². The van der Waals surface area contributed by atoms with Gasteiger partial charge < -0.3 is 5.73 Å². The van der Waals surface area contributed by atoms with Crippen molar-refractivity contribution in [1.82, 2.24) is 4.72 Å². The van der Waals surface area contributed by atoms with Crippen molar-refractivity contribution in [1.29, 1.82) is 0 Å². The van der Waals surface area contributed by atoms with E-state index >= 15 is 0 Å². The van der Waals surface area contributed by atoms with Crippen LogP contribution in [0.25, 0.3) is 0 Å². The molecule has 21 heavy (non-hydrogen) atoms. The van der Waals surface area contributed by atoms with Crippen molar-refractivity contribution < 1.29 is 12.8 Å². The number of hydrogen-bond acceptors (Lipinski definition) is 4. The zero-order valence-corrected chi connectivity index (χ0v) is 14.0. The van der Waals surface area contributed by atoms with Crippen molar-refractivity contribution in [3.8, 4) is 0 Å². The molecule has 1 aromatic carbocycles. The molecule has 0 aromatic heterocycles. The molecule has 0 radical (unpaired) electrons. The minimum Gasteiger partial charge on any atom is -0.326 e. The largest absolute Gasteiger partial charge is 0.326 e. The standard InChI is InChI=1S/C13H18ClFN2O2S2/c1-13(3-2-4-20-13)8-17-21(18,19)11-6-10(14)5-9(7-16)12(11)15/h5-6,17H,2-4,7-8,16H2,1H3. The summed E-state index contributed by atoms with van der Waals surface area (Å²) >= 11 is 7.57. The van der Waals surface area contributed by atoms with Crippen LogP contribution >= 0.6 is 23.4 Å². The van der Waals surface area contributed by atoms with E-state index in [1.165, 1.54) is 6.07 Å². The first-order chi connectivity index (χ1) is 9.77. The van der Waals surface area contributed by atoms with E-state index in [0.29, 0.717) is 0 Å². The van der Waals surface area contributed by atoms with Crippen molar-refractivity contribution in [2.24, 2.45) is 5.73 Å². The summed E-state index contributed by atoms with van der Waals surface area (Å²) in [5.74, 6) is 0.180.